The Bertz CT molecular complexity index is 714. The second-order valence-corrected chi connectivity index (χ2v) is 10.1. The molecule has 1 aromatic carbocycles. The van der Waals surface area contributed by atoms with Gasteiger partial charge in [-0.15, -0.1) is 11.8 Å². The molecule has 4 saturated carbocycles. The molecular weight excluding hydrogens is 372 g/mol. The van der Waals surface area contributed by atoms with Crippen molar-refractivity contribution in [2.24, 2.45) is 17.8 Å². The summed E-state index contributed by atoms with van der Waals surface area (Å²) in [5, 5.41) is 15.5. The highest BCUT2D eigenvalue weighted by Crippen LogP contribution is 2.55. The number of carbonyl (C=O) groups is 2. The topological polar surface area (TPSA) is 78.4 Å². The normalized spacial score (nSPS) is 31.4. The van der Waals surface area contributed by atoms with Gasteiger partial charge in [-0.05, 0) is 75.3 Å². The summed E-state index contributed by atoms with van der Waals surface area (Å²) in [5.41, 5.74) is 0.580. The number of carbonyl (C=O) groups excluding carboxylic acids is 2. The highest BCUT2D eigenvalue weighted by atomic mass is 32.2. The number of hydrogen-bond donors (Lipinski definition) is 3. The molecule has 4 aliphatic carbocycles. The highest BCUT2D eigenvalue weighted by Gasteiger charge is 2.51. The molecule has 2 amide bonds. The molecule has 152 valence electrons. The van der Waals surface area contributed by atoms with Crippen molar-refractivity contribution in [1.29, 1.82) is 0 Å². The highest BCUT2D eigenvalue weighted by molar-refractivity contribution is 8.00. The van der Waals surface area contributed by atoms with E-state index in [0.29, 0.717) is 11.3 Å². The Morgan fingerprint density at radius 3 is 2.36 bits per heavy atom. The van der Waals surface area contributed by atoms with Crippen LogP contribution in [-0.4, -0.2) is 40.9 Å². The molecule has 1 unspecified atom stereocenters. The molecule has 3 N–H and O–H groups in total. The van der Waals surface area contributed by atoms with E-state index in [-0.39, 0.29) is 23.9 Å². The molecule has 4 bridgehead atoms. The van der Waals surface area contributed by atoms with Gasteiger partial charge in [0.05, 0.1) is 17.4 Å². The first-order valence-corrected chi connectivity index (χ1v) is 11.4. The van der Waals surface area contributed by atoms with E-state index in [4.69, 9.17) is 0 Å². The summed E-state index contributed by atoms with van der Waals surface area (Å²) in [6.07, 6.45) is 6.93. The molecule has 0 aromatic heterocycles. The average molecular weight is 403 g/mol. The lowest BCUT2D eigenvalue weighted by atomic mass is 9.53. The first kappa shape index (κ1) is 19.8. The van der Waals surface area contributed by atoms with Gasteiger partial charge in [0.2, 0.25) is 5.91 Å². The largest absolute Gasteiger partial charge is 0.392 e. The van der Waals surface area contributed by atoms with Crippen molar-refractivity contribution < 1.29 is 14.7 Å². The Labute approximate surface area is 171 Å². The Balaban J connectivity index is 1.35. The minimum Gasteiger partial charge on any atom is -0.392 e. The van der Waals surface area contributed by atoms with Crippen LogP contribution in [0.3, 0.4) is 0 Å². The summed E-state index contributed by atoms with van der Waals surface area (Å²) >= 11 is 1.41. The number of thioether (sulfide) groups is 1. The van der Waals surface area contributed by atoms with E-state index in [9.17, 15) is 14.7 Å². The fourth-order valence-electron chi connectivity index (χ4n) is 5.85. The predicted octanol–water partition coefficient (Wildman–Crippen LogP) is 2.97. The Kier molecular flexibility index (Phi) is 5.70. The minimum absolute atomic E-state index is 0.0283. The molecule has 28 heavy (non-hydrogen) atoms. The fraction of sp³-hybridized carbons (Fsp3) is 0.636. The molecule has 5 nitrogen and oxygen atoms in total. The molecule has 0 saturated heterocycles. The molecule has 4 aliphatic rings. The zero-order valence-electron chi connectivity index (χ0n) is 16.4. The van der Waals surface area contributed by atoms with Crippen LogP contribution in [0.5, 0.6) is 0 Å². The van der Waals surface area contributed by atoms with E-state index in [0.717, 1.165) is 41.9 Å². The van der Waals surface area contributed by atoms with Gasteiger partial charge in [0, 0.05) is 17.0 Å². The van der Waals surface area contributed by atoms with E-state index in [1.165, 1.54) is 31.0 Å². The molecule has 6 heteroatoms. The van der Waals surface area contributed by atoms with Crippen LogP contribution in [0.1, 0.15) is 55.8 Å². The SMILES string of the molecule is CC(O)CNC(=O)c1ccccc1SCC(=O)NC12CC3CC(CC(C3)C1)C2. The lowest BCUT2D eigenvalue weighted by Gasteiger charge is -2.56. The third-order valence-electron chi connectivity index (χ3n) is 6.49. The Morgan fingerprint density at radius 2 is 1.75 bits per heavy atom. The van der Waals surface area contributed by atoms with Crippen LogP contribution in [0.15, 0.2) is 29.2 Å². The van der Waals surface area contributed by atoms with Crippen LogP contribution in [0.2, 0.25) is 0 Å². The Hall–Kier alpha value is -1.53. The molecule has 0 aliphatic heterocycles. The first-order valence-electron chi connectivity index (χ1n) is 10.4. The van der Waals surface area contributed by atoms with E-state index in [2.05, 4.69) is 10.6 Å². The summed E-state index contributed by atoms with van der Waals surface area (Å²) in [5.74, 6) is 2.59. The van der Waals surface area contributed by atoms with Gasteiger partial charge < -0.3 is 15.7 Å². The smallest absolute Gasteiger partial charge is 0.252 e. The quantitative estimate of drug-likeness (QED) is 0.613. The lowest BCUT2D eigenvalue weighted by molar-refractivity contribution is -0.124. The maximum atomic E-state index is 12.7. The van der Waals surface area contributed by atoms with Crippen LogP contribution in [0.25, 0.3) is 0 Å². The van der Waals surface area contributed by atoms with Gasteiger partial charge in [-0.1, -0.05) is 12.1 Å². The summed E-state index contributed by atoms with van der Waals surface area (Å²) in [6.45, 7) is 1.85. The molecule has 1 atom stereocenters. The van der Waals surface area contributed by atoms with Gasteiger partial charge in [0.25, 0.3) is 5.91 Å². The number of hydrogen-bond acceptors (Lipinski definition) is 4. The van der Waals surface area contributed by atoms with E-state index in [1.54, 1.807) is 13.0 Å². The van der Waals surface area contributed by atoms with E-state index < -0.39 is 6.10 Å². The van der Waals surface area contributed by atoms with Crippen molar-refractivity contribution >= 4 is 23.6 Å². The number of aliphatic hydroxyl groups excluding tert-OH is 1. The number of aliphatic hydroxyl groups is 1. The maximum Gasteiger partial charge on any atom is 0.252 e. The van der Waals surface area contributed by atoms with E-state index in [1.807, 2.05) is 18.2 Å². The number of amides is 2. The summed E-state index contributed by atoms with van der Waals surface area (Å²) in [4.78, 5) is 25.9. The van der Waals surface area contributed by atoms with Gasteiger partial charge >= 0.3 is 0 Å². The van der Waals surface area contributed by atoms with Gasteiger partial charge in [-0.2, -0.15) is 0 Å². The van der Waals surface area contributed by atoms with Gasteiger partial charge in [0.1, 0.15) is 0 Å². The number of rotatable bonds is 7. The van der Waals surface area contributed by atoms with Crippen LogP contribution in [0.4, 0.5) is 0 Å². The summed E-state index contributed by atoms with van der Waals surface area (Å²) in [7, 11) is 0. The van der Waals surface area contributed by atoms with Crippen LogP contribution in [-0.2, 0) is 4.79 Å². The molecule has 0 heterocycles. The van der Waals surface area contributed by atoms with Gasteiger partial charge in [0.15, 0.2) is 0 Å². The number of benzene rings is 1. The lowest BCUT2D eigenvalue weighted by Crippen LogP contribution is -2.60. The standard InChI is InChI=1S/C22H30N2O3S/c1-14(25)12-23-21(27)18-4-2-3-5-19(18)28-13-20(26)24-22-9-15-6-16(10-22)8-17(7-15)11-22/h2-5,14-17,25H,6-13H2,1H3,(H,23,27)(H,24,26). The molecule has 0 radical (unpaired) electrons. The maximum absolute atomic E-state index is 12.7. The molecule has 1 aromatic rings. The third kappa shape index (κ3) is 4.38. The number of nitrogens with one attached hydrogen (secondary N) is 2. The molecular formula is C22H30N2O3S. The second kappa shape index (κ2) is 8.07. The zero-order chi connectivity index (χ0) is 19.7. The van der Waals surface area contributed by atoms with Crippen molar-refractivity contribution in [2.75, 3.05) is 12.3 Å². The predicted molar refractivity (Wildman–Crippen MR) is 110 cm³/mol. The summed E-state index contributed by atoms with van der Waals surface area (Å²) < 4.78 is 0. The minimum atomic E-state index is -0.588. The fourth-order valence-corrected chi connectivity index (χ4v) is 6.70. The monoisotopic (exact) mass is 402 g/mol. The van der Waals surface area contributed by atoms with Crippen molar-refractivity contribution in [3.8, 4) is 0 Å². The van der Waals surface area contributed by atoms with Crippen molar-refractivity contribution in [1.82, 2.24) is 10.6 Å². The van der Waals surface area contributed by atoms with Crippen LogP contribution in [0, 0.1) is 17.8 Å². The summed E-state index contributed by atoms with van der Waals surface area (Å²) in [6, 6.07) is 7.33. The van der Waals surface area contributed by atoms with Gasteiger partial charge in [-0.3, -0.25) is 9.59 Å². The van der Waals surface area contributed by atoms with Crippen LogP contribution < -0.4 is 10.6 Å². The molecule has 4 fully saturated rings. The first-order chi connectivity index (χ1) is 13.4. The molecule has 0 spiro atoms. The second-order valence-electron chi connectivity index (χ2n) is 9.09. The van der Waals surface area contributed by atoms with Crippen LogP contribution >= 0.6 is 11.8 Å². The van der Waals surface area contributed by atoms with Gasteiger partial charge in [-0.25, -0.2) is 0 Å². The third-order valence-corrected chi connectivity index (χ3v) is 7.56. The Morgan fingerprint density at radius 1 is 1.14 bits per heavy atom. The zero-order valence-corrected chi connectivity index (χ0v) is 17.3. The van der Waals surface area contributed by atoms with E-state index >= 15 is 0 Å². The van der Waals surface area contributed by atoms with Crippen molar-refractivity contribution in [3.05, 3.63) is 29.8 Å². The molecule has 5 rings (SSSR count). The average Bonchev–Trinajstić information content (AvgIpc) is 2.63. The van der Waals surface area contributed by atoms with Crippen molar-refractivity contribution in [2.45, 2.75) is 62.0 Å². The van der Waals surface area contributed by atoms with Crippen molar-refractivity contribution in [3.63, 3.8) is 0 Å².